The van der Waals surface area contributed by atoms with Gasteiger partial charge in [0.25, 0.3) is 0 Å². The van der Waals surface area contributed by atoms with Gasteiger partial charge in [0.15, 0.2) is 0 Å². The Morgan fingerprint density at radius 2 is 1.65 bits per heavy atom. The maximum Gasteiger partial charge on any atom is 0.694 e. The second-order valence-electron chi connectivity index (χ2n) is 8.19. The molecular weight excluding hydrogens is 459 g/mol. The number of halogens is 2. The molecule has 5 nitrogen and oxygen atoms in total. The molecule has 2 N–H and O–H groups in total. The summed E-state index contributed by atoms with van der Waals surface area (Å²) in [6.45, 7) is 1.03. The van der Waals surface area contributed by atoms with E-state index < -0.39 is 8.25 Å². The third-order valence-corrected chi connectivity index (χ3v) is 6.08. The molecule has 0 spiro atoms. The molecule has 0 aliphatic carbocycles. The Hall–Kier alpha value is -2.44. The maximum absolute atomic E-state index is 14.8. The molecule has 3 rings (SSSR count). The van der Waals surface area contributed by atoms with Crippen LogP contribution in [0.4, 0.5) is 8.78 Å². The number of nitrogens with one attached hydrogen (secondary N) is 1. The number of aryl methyl sites for hydroxylation is 2. The van der Waals surface area contributed by atoms with E-state index in [0.717, 1.165) is 55.2 Å². The molecule has 1 atom stereocenters. The van der Waals surface area contributed by atoms with E-state index in [2.05, 4.69) is 9.84 Å². The average Bonchev–Trinajstić information content (AvgIpc) is 3.35. The number of benzene rings is 2. The average molecular weight is 491 g/mol. The van der Waals surface area contributed by atoms with Crippen LogP contribution in [0.5, 0.6) is 0 Å². The molecule has 182 valence electrons. The van der Waals surface area contributed by atoms with Crippen LogP contribution in [0.15, 0.2) is 59.2 Å². The van der Waals surface area contributed by atoms with E-state index in [9.17, 15) is 13.3 Å². The van der Waals surface area contributed by atoms with Gasteiger partial charge < -0.3 is 9.73 Å². The minimum atomic E-state index is -2.58. The standard InChI is InChI=1S/C26H30F2NO4P/c27-24-12-6-5-10-20(24)9-3-1-2-4-11-21-18-25(28)22(17-23(21)26-13-7-15-32-26)19-29-14-8-16-33-34(30)31/h5-7,10,12-13,15,17-18,29H,1-4,8-9,11,14,16,19H2/p+1. The number of rotatable bonds is 15. The summed E-state index contributed by atoms with van der Waals surface area (Å²) in [5.74, 6) is 0.286. The molecule has 0 bridgehead atoms. The van der Waals surface area contributed by atoms with Crippen LogP contribution in [0.1, 0.15) is 48.8 Å². The van der Waals surface area contributed by atoms with E-state index in [-0.39, 0.29) is 18.2 Å². The first-order valence-corrected chi connectivity index (χ1v) is 12.8. The number of unbranched alkanes of at least 4 members (excludes halogenated alkanes) is 3. The molecule has 2 aromatic carbocycles. The first-order valence-electron chi connectivity index (χ1n) is 11.6. The first-order chi connectivity index (χ1) is 16.5. The smallest absolute Gasteiger partial charge is 0.464 e. The first kappa shape index (κ1) is 26.2. The Morgan fingerprint density at radius 3 is 2.35 bits per heavy atom. The van der Waals surface area contributed by atoms with Gasteiger partial charge in [0.2, 0.25) is 0 Å². The van der Waals surface area contributed by atoms with Crippen molar-refractivity contribution in [3.63, 3.8) is 0 Å². The molecule has 1 heterocycles. The molecular formula is C26H31F2NO4P+. The van der Waals surface area contributed by atoms with E-state index in [1.807, 2.05) is 30.3 Å². The summed E-state index contributed by atoms with van der Waals surface area (Å²) in [6.07, 6.45) is 7.42. The zero-order valence-corrected chi connectivity index (χ0v) is 20.0. The summed E-state index contributed by atoms with van der Waals surface area (Å²) >= 11 is 0. The zero-order valence-electron chi connectivity index (χ0n) is 19.1. The van der Waals surface area contributed by atoms with Crippen LogP contribution < -0.4 is 5.32 Å². The van der Waals surface area contributed by atoms with Crippen LogP contribution in [0, 0.1) is 11.6 Å². The van der Waals surface area contributed by atoms with E-state index >= 15 is 0 Å². The second-order valence-corrected chi connectivity index (χ2v) is 8.92. The largest absolute Gasteiger partial charge is 0.694 e. The molecule has 0 fully saturated rings. The SMILES string of the molecule is O=[P+](O)OCCCNCc1cc(-c2ccco2)c(CCCCCCc2ccccc2F)cc1F. The van der Waals surface area contributed by atoms with E-state index in [1.54, 1.807) is 18.4 Å². The topological polar surface area (TPSA) is 71.7 Å². The summed E-state index contributed by atoms with van der Waals surface area (Å²) < 4.78 is 49.2. The molecule has 0 aliphatic rings. The van der Waals surface area contributed by atoms with Gasteiger partial charge in [-0.2, -0.15) is 0 Å². The van der Waals surface area contributed by atoms with Gasteiger partial charge >= 0.3 is 8.25 Å². The summed E-state index contributed by atoms with van der Waals surface area (Å²) in [7, 11) is -2.58. The molecule has 34 heavy (non-hydrogen) atoms. The van der Waals surface area contributed by atoms with Crippen molar-refractivity contribution >= 4 is 8.25 Å². The number of furan rings is 1. The third kappa shape index (κ3) is 8.41. The van der Waals surface area contributed by atoms with Crippen LogP contribution in [0.2, 0.25) is 0 Å². The summed E-state index contributed by atoms with van der Waals surface area (Å²) in [6, 6.07) is 14.0. The van der Waals surface area contributed by atoms with Crippen molar-refractivity contribution in [2.24, 2.45) is 0 Å². The van der Waals surface area contributed by atoms with E-state index in [0.29, 0.717) is 30.8 Å². The molecule has 3 aromatic rings. The van der Waals surface area contributed by atoms with Crippen molar-refractivity contribution in [1.29, 1.82) is 0 Å². The van der Waals surface area contributed by atoms with Gasteiger partial charge in [-0.25, -0.2) is 8.78 Å². The normalized spacial score (nSPS) is 11.7. The Labute approximate surface area is 200 Å². The zero-order chi connectivity index (χ0) is 24.2. The quantitative estimate of drug-likeness (QED) is 0.183. The van der Waals surface area contributed by atoms with Gasteiger partial charge in [0.1, 0.15) is 24.0 Å². The lowest BCUT2D eigenvalue weighted by molar-refractivity contribution is 0.276. The fraction of sp³-hybridized carbons (Fsp3) is 0.385. The van der Waals surface area contributed by atoms with Gasteiger partial charge in [0, 0.05) is 22.2 Å². The van der Waals surface area contributed by atoms with E-state index in [1.165, 1.54) is 6.07 Å². The Morgan fingerprint density at radius 1 is 0.882 bits per heavy atom. The molecule has 0 aliphatic heterocycles. The van der Waals surface area contributed by atoms with Crippen LogP contribution in [-0.4, -0.2) is 18.0 Å². The highest BCUT2D eigenvalue weighted by Gasteiger charge is 2.14. The van der Waals surface area contributed by atoms with Crippen molar-refractivity contribution < 1.29 is 27.2 Å². The highest BCUT2D eigenvalue weighted by molar-refractivity contribution is 7.32. The molecule has 0 saturated carbocycles. The van der Waals surface area contributed by atoms with Crippen LogP contribution in [-0.2, 0) is 28.5 Å². The molecule has 0 saturated heterocycles. The molecule has 1 aromatic heterocycles. The molecule has 0 radical (unpaired) electrons. The molecule has 0 amide bonds. The second kappa shape index (κ2) is 14.1. The molecule has 1 unspecified atom stereocenters. The van der Waals surface area contributed by atoms with Crippen molar-refractivity contribution in [3.8, 4) is 11.3 Å². The van der Waals surface area contributed by atoms with Gasteiger partial charge in [-0.05, 0) is 80.1 Å². The highest BCUT2D eigenvalue weighted by Crippen LogP contribution is 2.29. The van der Waals surface area contributed by atoms with Crippen LogP contribution in [0.25, 0.3) is 11.3 Å². The van der Waals surface area contributed by atoms with E-state index in [4.69, 9.17) is 9.31 Å². The van der Waals surface area contributed by atoms with Crippen LogP contribution >= 0.6 is 8.25 Å². The highest BCUT2D eigenvalue weighted by atomic mass is 31.1. The number of hydrogen-bond donors (Lipinski definition) is 2. The van der Waals surface area contributed by atoms with Gasteiger partial charge in [0.05, 0.1) is 6.26 Å². The monoisotopic (exact) mass is 490 g/mol. The lowest BCUT2D eigenvalue weighted by Gasteiger charge is -2.13. The van der Waals surface area contributed by atoms with Crippen LogP contribution in [0.3, 0.4) is 0 Å². The summed E-state index contributed by atoms with van der Waals surface area (Å²) in [4.78, 5) is 8.63. The third-order valence-electron chi connectivity index (χ3n) is 5.67. The minimum Gasteiger partial charge on any atom is -0.464 e. The lowest BCUT2D eigenvalue weighted by Crippen LogP contribution is -2.17. The lowest BCUT2D eigenvalue weighted by atomic mass is 9.96. The van der Waals surface area contributed by atoms with Crippen molar-refractivity contribution in [2.45, 2.75) is 51.5 Å². The predicted octanol–water partition coefficient (Wildman–Crippen LogP) is 6.72. The predicted molar refractivity (Wildman–Crippen MR) is 128 cm³/mol. The fourth-order valence-corrected chi connectivity index (χ4v) is 4.20. The molecule has 8 heteroatoms. The van der Waals surface area contributed by atoms with Crippen molar-refractivity contribution in [1.82, 2.24) is 5.32 Å². The summed E-state index contributed by atoms with van der Waals surface area (Å²) in [5, 5.41) is 3.14. The number of hydrogen-bond acceptors (Lipinski definition) is 4. The van der Waals surface area contributed by atoms with Gasteiger partial charge in [-0.15, -0.1) is 9.42 Å². The Bertz CT molecular complexity index is 1040. The van der Waals surface area contributed by atoms with Gasteiger partial charge in [-0.1, -0.05) is 31.0 Å². The fourth-order valence-electron chi connectivity index (χ4n) is 3.91. The Balaban J connectivity index is 1.51. The maximum atomic E-state index is 14.8. The van der Waals surface area contributed by atoms with Crippen molar-refractivity contribution in [2.75, 3.05) is 13.2 Å². The summed E-state index contributed by atoms with van der Waals surface area (Å²) in [5.41, 5.74) is 3.08. The van der Waals surface area contributed by atoms with Crippen molar-refractivity contribution in [3.05, 3.63) is 83.1 Å². The Kier molecular flexibility index (Phi) is 10.8. The van der Waals surface area contributed by atoms with Gasteiger partial charge in [-0.3, -0.25) is 0 Å². The minimum absolute atomic E-state index is 0.147.